The fraction of sp³-hybridized carbons (Fsp3) is 0.588. The van der Waals surface area contributed by atoms with Crippen molar-refractivity contribution < 1.29 is 15.0 Å². The van der Waals surface area contributed by atoms with Crippen molar-refractivity contribution in [2.45, 2.75) is 38.7 Å². The van der Waals surface area contributed by atoms with Gasteiger partial charge in [-0.05, 0) is 29.5 Å². The molecule has 1 aromatic carbocycles. The zero-order valence-corrected chi connectivity index (χ0v) is 13.8. The summed E-state index contributed by atoms with van der Waals surface area (Å²) >= 11 is 5.95. The number of aliphatic hydroxyl groups excluding tert-OH is 1. The molecule has 5 heteroatoms. The highest BCUT2D eigenvalue weighted by molar-refractivity contribution is 6.30. The van der Waals surface area contributed by atoms with Crippen LogP contribution in [0.5, 0.6) is 0 Å². The van der Waals surface area contributed by atoms with E-state index in [9.17, 15) is 15.0 Å². The van der Waals surface area contributed by atoms with Crippen LogP contribution in [-0.4, -0.2) is 35.3 Å². The Labute approximate surface area is 136 Å². The Morgan fingerprint density at radius 1 is 1.32 bits per heavy atom. The van der Waals surface area contributed by atoms with Gasteiger partial charge in [-0.25, -0.2) is 0 Å². The standard InChI is InChI=1S/C17H24ClNO3/c1-3-11(4-2)14-9-19(17(21)22)10-15(20)16(14)12-5-7-13(18)8-6-12/h5-8,11,14-16,20H,3-4,9-10H2,1-2H3,(H,21,22)/p-1. The summed E-state index contributed by atoms with van der Waals surface area (Å²) in [7, 11) is 0. The maximum atomic E-state index is 11.2. The molecule has 1 aromatic rings. The van der Waals surface area contributed by atoms with Crippen LogP contribution in [0, 0.1) is 11.8 Å². The van der Waals surface area contributed by atoms with Crippen LogP contribution in [0.25, 0.3) is 0 Å². The third-order valence-corrected chi connectivity index (χ3v) is 5.13. The summed E-state index contributed by atoms with van der Waals surface area (Å²) in [6.45, 7) is 4.74. The average molecular weight is 325 g/mol. The van der Waals surface area contributed by atoms with E-state index >= 15 is 0 Å². The Kier molecular flexibility index (Phi) is 5.70. The smallest absolute Gasteiger partial charge is 0.137 e. The lowest BCUT2D eigenvalue weighted by Crippen LogP contribution is -2.55. The molecular formula is C17H23ClNO3-. The van der Waals surface area contributed by atoms with Gasteiger partial charge in [0.05, 0.1) is 6.10 Å². The van der Waals surface area contributed by atoms with E-state index in [1.807, 2.05) is 24.3 Å². The van der Waals surface area contributed by atoms with Crippen LogP contribution in [0.4, 0.5) is 4.79 Å². The van der Waals surface area contributed by atoms with E-state index in [1.54, 1.807) is 0 Å². The number of benzene rings is 1. The van der Waals surface area contributed by atoms with Crippen molar-refractivity contribution in [1.29, 1.82) is 0 Å². The molecule has 0 saturated carbocycles. The van der Waals surface area contributed by atoms with Crippen molar-refractivity contribution in [3.8, 4) is 0 Å². The van der Waals surface area contributed by atoms with E-state index in [2.05, 4.69) is 13.8 Å². The van der Waals surface area contributed by atoms with Crippen molar-refractivity contribution >= 4 is 17.7 Å². The van der Waals surface area contributed by atoms with Crippen molar-refractivity contribution in [3.05, 3.63) is 34.9 Å². The molecule has 122 valence electrons. The molecule has 1 N–H and O–H groups in total. The van der Waals surface area contributed by atoms with E-state index in [1.165, 1.54) is 4.90 Å². The lowest BCUT2D eigenvalue weighted by Gasteiger charge is -2.46. The maximum Gasteiger partial charge on any atom is 0.137 e. The molecule has 0 aliphatic carbocycles. The lowest BCUT2D eigenvalue weighted by molar-refractivity contribution is -0.269. The topological polar surface area (TPSA) is 63.6 Å². The monoisotopic (exact) mass is 324 g/mol. The second-order valence-corrected chi connectivity index (χ2v) is 6.49. The molecule has 22 heavy (non-hydrogen) atoms. The van der Waals surface area contributed by atoms with E-state index in [-0.39, 0.29) is 18.4 Å². The number of carbonyl (C=O) groups excluding carboxylic acids is 1. The summed E-state index contributed by atoms with van der Waals surface area (Å²) in [6.07, 6.45) is -0.0134. The van der Waals surface area contributed by atoms with Crippen LogP contribution in [0.1, 0.15) is 38.2 Å². The van der Waals surface area contributed by atoms with Gasteiger partial charge >= 0.3 is 0 Å². The number of amides is 1. The molecule has 1 amide bonds. The minimum Gasteiger partial charge on any atom is -0.530 e. The van der Waals surface area contributed by atoms with Gasteiger partial charge in [-0.1, -0.05) is 50.4 Å². The largest absolute Gasteiger partial charge is 0.530 e. The fourth-order valence-corrected chi connectivity index (χ4v) is 3.83. The number of piperidine rings is 1. The second-order valence-electron chi connectivity index (χ2n) is 6.06. The SMILES string of the molecule is CCC(CC)C1CN(C(=O)[O-])CC(O)C1c1ccc(Cl)cc1. The summed E-state index contributed by atoms with van der Waals surface area (Å²) in [5.41, 5.74) is 1.02. The quantitative estimate of drug-likeness (QED) is 0.925. The summed E-state index contributed by atoms with van der Waals surface area (Å²) < 4.78 is 0. The number of carboxylic acid groups (broad SMARTS) is 1. The Bertz CT molecular complexity index is 501. The Balaban J connectivity index is 2.34. The van der Waals surface area contributed by atoms with Gasteiger partial charge in [0.1, 0.15) is 6.09 Å². The van der Waals surface area contributed by atoms with Crippen molar-refractivity contribution in [2.24, 2.45) is 11.8 Å². The Hall–Kier alpha value is -1.26. The molecule has 4 nitrogen and oxygen atoms in total. The molecule has 1 aliphatic heterocycles. The second kappa shape index (κ2) is 7.34. The predicted molar refractivity (Wildman–Crippen MR) is 84.7 cm³/mol. The van der Waals surface area contributed by atoms with Crippen LogP contribution >= 0.6 is 11.6 Å². The van der Waals surface area contributed by atoms with E-state index in [0.717, 1.165) is 18.4 Å². The molecule has 1 fully saturated rings. The van der Waals surface area contributed by atoms with Gasteiger partial charge in [0.2, 0.25) is 0 Å². The van der Waals surface area contributed by atoms with E-state index < -0.39 is 12.2 Å². The summed E-state index contributed by atoms with van der Waals surface area (Å²) in [5, 5.41) is 22.4. The number of rotatable bonds is 4. The molecule has 0 radical (unpaired) electrons. The van der Waals surface area contributed by atoms with Gasteiger partial charge in [0.15, 0.2) is 0 Å². The highest BCUT2D eigenvalue weighted by Gasteiger charge is 2.39. The summed E-state index contributed by atoms with van der Waals surface area (Å²) in [4.78, 5) is 12.5. The minimum atomic E-state index is -1.20. The number of likely N-dealkylation sites (tertiary alicyclic amines) is 1. The first kappa shape index (κ1) is 17.1. The van der Waals surface area contributed by atoms with Crippen molar-refractivity contribution in [3.63, 3.8) is 0 Å². The summed E-state index contributed by atoms with van der Waals surface area (Å²) in [6, 6.07) is 7.50. The van der Waals surface area contributed by atoms with Gasteiger partial charge in [-0.3, -0.25) is 0 Å². The molecular weight excluding hydrogens is 302 g/mol. The maximum absolute atomic E-state index is 11.2. The van der Waals surface area contributed by atoms with E-state index in [0.29, 0.717) is 17.5 Å². The first-order valence-corrected chi connectivity index (χ1v) is 8.25. The number of β-amino-alcohol motifs (C(OH)–C–C–N with tert-alkyl or cyclic N) is 1. The number of halogens is 1. The fourth-order valence-electron chi connectivity index (χ4n) is 3.71. The average Bonchev–Trinajstić information content (AvgIpc) is 2.49. The molecule has 1 heterocycles. The van der Waals surface area contributed by atoms with E-state index in [4.69, 9.17) is 11.6 Å². The van der Waals surface area contributed by atoms with Crippen LogP contribution < -0.4 is 5.11 Å². The Morgan fingerprint density at radius 2 is 1.91 bits per heavy atom. The number of aliphatic hydroxyl groups is 1. The molecule has 0 bridgehead atoms. The van der Waals surface area contributed by atoms with Gasteiger partial charge in [-0.2, -0.15) is 0 Å². The third kappa shape index (κ3) is 3.55. The van der Waals surface area contributed by atoms with Crippen molar-refractivity contribution in [2.75, 3.05) is 13.1 Å². The van der Waals surface area contributed by atoms with Gasteiger partial charge in [0, 0.05) is 24.0 Å². The first-order valence-electron chi connectivity index (χ1n) is 7.87. The lowest BCUT2D eigenvalue weighted by atomic mass is 9.71. The summed E-state index contributed by atoms with van der Waals surface area (Å²) in [5.74, 6) is 0.369. The molecule has 0 spiro atoms. The van der Waals surface area contributed by atoms with Crippen LogP contribution in [0.15, 0.2) is 24.3 Å². The minimum absolute atomic E-state index is 0.0715. The highest BCUT2D eigenvalue weighted by atomic mass is 35.5. The predicted octanol–water partition coefficient (Wildman–Crippen LogP) is 2.50. The number of hydrogen-bond acceptors (Lipinski definition) is 3. The number of hydrogen-bond donors (Lipinski definition) is 1. The molecule has 3 unspecified atom stereocenters. The van der Waals surface area contributed by atoms with Gasteiger partial charge < -0.3 is 19.9 Å². The number of nitrogens with zero attached hydrogens (tertiary/aromatic N) is 1. The van der Waals surface area contributed by atoms with Crippen LogP contribution in [0.2, 0.25) is 5.02 Å². The third-order valence-electron chi connectivity index (χ3n) is 4.88. The van der Waals surface area contributed by atoms with Crippen LogP contribution in [-0.2, 0) is 0 Å². The van der Waals surface area contributed by atoms with Crippen LogP contribution in [0.3, 0.4) is 0 Å². The molecule has 0 aromatic heterocycles. The zero-order valence-electron chi connectivity index (χ0n) is 13.0. The Morgan fingerprint density at radius 3 is 2.41 bits per heavy atom. The zero-order chi connectivity index (χ0) is 16.3. The molecule has 2 rings (SSSR count). The first-order chi connectivity index (χ1) is 10.5. The highest BCUT2D eigenvalue weighted by Crippen LogP contribution is 2.40. The number of carbonyl (C=O) groups is 1. The molecule has 3 atom stereocenters. The van der Waals surface area contributed by atoms with Gasteiger partial charge in [0.25, 0.3) is 0 Å². The molecule has 1 saturated heterocycles. The molecule has 1 aliphatic rings. The normalized spacial score (nSPS) is 25.5. The van der Waals surface area contributed by atoms with Crippen molar-refractivity contribution in [1.82, 2.24) is 4.90 Å². The van der Waals surface area contributed by atoms with Gasteiger partial charge in [-0.15, -0.1) is 0 Å².